The summed E-state index contributed by atoms with van der Waals surface area (Å²) >= 11 is 0. The molecule has 3 nitrogen and oxygen atoms in total. The van der Waals surface area contributed by atoms with Gasteiger partial charge in [0, 0.05) is 18.5 Å². The second-order valence-corrected chi connectivity index (χ2v) is 2.83. The molecule has 0 saturated heterocycles. The number of rotatable bonds is 1. The molecular formula is C8H7F3N2O. The van der Waals surface area contributed by atoms with Crippen LogP contribution in [0.3, 0.4) is 0 Å². The fraction of sp³-hybridized carbons (Fsp3) is 0.250. The van der Waals surface area contributed by atoms with E-state index in [4.69, 9.17) is 4.42 Å². The molecule has 0 amide bonds. The van der Waals surface area contributed by atoms with Crippen LogP contribution in [0.1, 0.15) is 0 Å². The van der Waals surface area contributed by atoms with Crippen LogP contribution in [-0.4, -0.2) is 17.9 Å². The smallest absolute Gasteiger partial charge is 0.470 e. The fourth-order valence-corrected chi connectivity index (χ4v) is 1.17. The quantitative estimate of drug-likeness (QED) is 0.654. The second-order valence-electron chi connectivity index (χ2n) is 2.83. The van der Waals surface area contributed by atoms with E-state index in [0.29, 0.717) is 10.6 Å². The fourth-order valence-electron chi connectivity index (χ4n) is 1.17. The minimum absolute atomic E-state index is 0.233. The summed E-state index contributed by atoms with van der Waals surface area (Å²) in [5, 5.41) is 0. The highest BCUT2D eigenvalue weighted by molar-refractivity contribution is 5.47. The minimum Gasteiger partial charge on any atom is -0.470 e. The molecule has 2 heterocycles. The van der Waals surface area contributed by atoms with Crippen molar-refractivity contribution in [3.05, 3.63) is 31.0 Å². The van der Waals surface area contributed by atoms with Gasteiger partial charge in [-0.2, -0.15) is 13.2 Å². The lowest BCUT2D eigenvalue weighted by molar-refractivity contribution is -0.224. The van der Waals surface area contributed by atoms with Crippen molar-refractivity contribution in [1.82, 2.24) is 4.90 Å². The van der Waals surface area contributed by atoms with E-state index >= 15 is 0 Å². The summed E-state index contributed by atoms with van der Waals surface area (Å²) in [7, 11) is 0. The summed E-state index contributed by atoms with van der Waals surface area (Å²) in [4.78, 5) is 1.73. The molecule has 1 aliphatic heterocycles. The van der Waals surface area contributed by atoms with Gasteiger partial charge in [-0.15, -0.1) is 0 Å². The Balaban J connectivity index is 2.07. The van der Waals surface area contributed by atoms with Crippen LogP contribution in [0.2, 0.25) is 0 Å². The van der Waals surface area contributed by atoms with Gasteiger partial charge in [0.15, 0.2) is 0 Å². The molecule has 0 unspecified atom stereocenters. The Morgan fingerprint density at radius 2 is 2.07 bits per heavy atom. The van der Waals surface area contributed by atoms with Crippen LogP contribution in [-0.2, 0) is 0 Å². The van der Waals surface area contributed by atoms with Gasteiger partial charge in [-0.1, -0.05) is 0 Å². The number of anilines is 1. The number of hydrogen-bond donors (Lipinski definition) is 0. The number of alkyl halides is 3. The van der Waals surface area contributed by atoms with E-state index in [9.17, 15) is 13.2 Å². The zero-order valence-electron chi connectivity index (χ0n) is 7.03. The van der Waals surface area contributed by atoms with Crippen molar-refractivity contribution in [3.63, 3.8) is 0 Å². The van der Waals surface area contributed by atoms with E-state index in [1.807, 2.05) is 0 Å². The first-order valence-corrected chi connectivity index (χ1v) is 3.88. The van der Waals surface area contributed by atoms with E-state index in [2.05, 4.69) is 0 Å². The first kappa shape index (κ1) is 8.98. The van der Waals surface area contributed by atoms with E-state index in [1.165, 1.54) is 23.6 Å². The van der Waals surface area contributed by atoms with Crippen molar-refractivity contribution < 1.29 is 17.6 Å². The Morgan fingerprint density at radius 1 is 1.29 bits per heavy atom. The zero-order chi connectivity index (χ0) is 10.2. The van der Waals surface area contributed by atoms with Gasteiger partial charge in [0.1, 0.15) is 12.9 Å². The van der Waals surface area contributed by atoms with Crippen LogP contribution >= 0.6 is 0 Å². The lowest BCUT2D eigenvalue weighted by atomic mass is 10.5. The van der Waals surface area contributed by atoms with Gasteiger partial charge in [-0.25, -0.2) is 0 Å². The molecule has 0 N–H and O–H groups in total. The average Bonchev–Trinajstić information content (AvgIpc) is 2.73. The van der Waals surface area contributed by atoms with Crippen molar-refractivity contribution in [1.29, 1.82) is 0 Å². The molecule has 14 heavy (non-hydrogen) atoms. The van der Waals surface area contributed by atoms with Crippen LogP contribution in [0.4, 0.5) is 18.9 Å². The Labute approximate surface area is 78.0 Å². The maximum atomic E-state index is 12.2. The average molecular weight is 204 g/mol. The third-order valence-corrected chi connectivity index (χ3v) is 1.89. The molecule has 0 aliphatic carbocycles. The highest BCUT2D eigenvalue weighted by Gasteiger charge is 2.38. The minimum atomic E-state index is -4.32. The molecule has 2 rings (SSSR count). The molecule has 0 saturated carbocycles. The zero-order valence-corrected chi connectivity index (χ0v) is 7.03. The standard InChI is InChI=1S/C8H7F3N2O/c9-8(10,11)13-3-2-12(6-13)7-1-4-14-5-7/h1-5H,6H2. The van der Waals surface area contributed by atoms with E-state index < -0.39 is 6.30 Å². The van der Waals surface area contributed by atoms with Gasteiger partial charge in [-0.3, -0.25) is 4.90 Å². The molecule has 0 aromatic carbocycles. The molecule has 6 heteroatoms. The third-order valence-electron chi connectivity index (χ3n) is 1.89. The van der Waals surface area contributed by atoms with Crippen molar-refractivity contribution in [2.45, 2.75) is 6.30 Å². The highest BCUT2D eigenvalue weighted by Crippen LogP contribution is 2.27. The van der Waals surface area contributed by atoms with Gasteiger partial charge < -0.3 is 9.32 Å². The molecule has 0 fully saturated rings. The van der Waals surface area contributed by atoms with Crippen molar-refractivity contribution in [3.8, 4) is 0 Å². The molecular weight excluding hydrogens is 197 g/mol. The molecule has 0 atom stereocenters. The summed E-state index contributed by atoms with van der Waals surface area (Å²) in [6.07, 6.45) is 0.837. The topological polar surface area (TPSA) is 19.6 Å². The van der Waals surface area contributed by atoms with E-state index in [0.717, 1.165) is 6.20 Å². The van der Waals surface area contributed by atoms with E-state index in [1.54, 1.807) is 6.07 Å². The number of hydrogen-bond acceptors (Lipinski definition) is 3. The van der Waals surface area contributed by atoms with Crippen molar-refractivity contribution >= 4 is 5.69 Å². The Hall–Kier alpha value is -1.59. The summed E-state index contributed by atoms with van der Waals surface area (Å²) in [6, 6.07) is 1.60. The Bertz CT molecular complexity index is 331. The first-order chi connectivity index (χ1) is 6.57. The Kier molecular flexibility index (Phi) is 1.90. The SMILES string of the molecule is FC(F)(F)N1C=CN(c2ccoc2)C1. The summed E-state index contributed by atoms with van der Waals surface area (Å²) < 4.78 is 41.4. The molecule has 1 aliphatic rings. The van der Waals surface area contributed by atoms with Crippen LogP contribution in [0.15, 0.2) is 35.4 Å². The van der Waals surface area contributed by atoms with Gasteiger partial charge in [0.25, 0.3) is 0 Å². The van der Waals surface area contributed by atoms with Crippen LogP contribution < -0.4 is 4.90 Å². The van der Waals surface area contributed by atoms with Gasteiger partial charge in [0.2, 0.25) is 0 Å². The number of nitrogens with zero attached hydrogens (tertiary/aromatic N) is 2. The number of halogens is 3. The molecule has 0 bridgehead atoms. The number of furan rings is 1. The normalized spacial score (nSPS) is 16.8. The lowest BCUT2D eigenvalue weighted by Gasteiger charge is -2.21. The maximum Gasteiger partial charge on any atom is 0.485 e. The van der Waals surface area contributed by atoms with Gasteiger partial charge in [0.05, 0.1) is 12.0 Å². The third kappa shape index (κ3) is 1.55. The predicted molar refractivity (Wildman–Crippen MR) is 43.1 cm³/mol. The van der Waals surface area contributed by atoms with Gasteiger partial charge >= 0.3 is 6.30 Å². The molecule has 76 valence electrons. The predicted octanol–water partition coefficient (Wildman–Crippen LogP) is 2.35. The van der Waals surface area contributed by atoms with Gasteiger partial charge in [-0.05, 0) is 0 Å². The molecule has 1 aromatic rings. The monoisotopic (exact) mass is 204 g/mol. The molecule has 1 aromatic heterocycles. The highest BCUT2D eigenvalue weighted by atomic mass is 19.4. The molecule has 0 radical (unpaired) electrons. The van der Waals surface area contributed by atoms with Crippen LogP contribution in [0, 0.1) is 0 Å². The summed E-state index contributed by atoms with van der Waals surface area (Å²) in [6.45, 7) is -0.233. The summed E-state index contributed by atoms with van der Waals surface area (Å²) in [5.41, 5.74) is 0.605. The van der Waals surface area contributed by atoms with E-state index in [-0.39, 0.29) is 6.67 Å². The second kappa shape index (κ2) is 2.97. The Morgan fingerprint density at radius 3 is 2.57 bits per heavy atom. The van der Waals surface area contributed by atoms with Crippen LogP contribution in [0.25, 0.3) is 0 Å². The maximum absolute atomic E-state index is 12.2. The van der Waals surface area contributed by atoms with Crippen molar-refractivity contribution in [2.24, 2.45) is 0 Å². The summed E-state index contributed by atoms with van der Waals surface area (Å²) in [5.74, 6) is 0. The first-order valence-electron chi connectivity index (χ1n) is 3.88. The largest absolute Gasteiger partial charge is 0.485 e. The molecule has 0 spiro atoms. The van der Waals surface area contributed by atoms with Crippen molar-refractivity contribution in [2.75, 3.05) is 11.6 Å². The lowest BCUT2D eigenvalue weighted by Crippen LogP contribution is -2.36. The van der Waals surface area contributed by atoms with Crippen LogP contribution in [0.5, 0.6) is 0 Å².